The number of rotatable bonds is 4. The van der Waals surface area contributed by atoms with Crippen molar-refractivity contribution in [3.05, 3.63) is 113 Å². The average Bonchev–Trinajstić information content (AvgIpc) is 3.19. The number of nitrogens with one attached hydrogen (secondary N) is 2. The SMILES string of the molecule is CCNc1ccc(Nc2cccc(C(F)(F)F)c2)c2c1C(=O)OC21c2ccccc2Oc2ccccc21. The number of carbonyl (C=O) groups excluding carboxylic acids is 1. The van der Waals surface area contributed by atoms with Crippen molar-refractivity contribution < 1.29 is 27.4 Å². The highest BCUT2D eigenvalue weighted by Gasteiger charge is 2.55. The van der Waals surface area contributed by atoms with E-state index in [0.29, 0.717) is 51.7 Å². The molecule has 0 aromatic heterocycles. The highest BCUT2D eigenvalue weighted by atomic mass is 19.4. The number of alkyl halides is 3. The van der Waals surface area contributed by atoms with Crippen LogP contribution in [-0.4, -0.2) is 12.5 Å². The van der Waals surface area contributed by atoms with Gasteiger partial charge in [-0.3, -0.25) is 0 Å². The quantitative estimate of drug-likeness (QED) is 0.284. The second kappa shape index (κ2) is 8.30. The summed E-state index contributed by atoms with van der Waals surface area (Å²) in [5.41, 5.74) is 1.21. The van der Waals surface area contributed by atoms with Gasteiger partial charge >= 0.3 is 12.1 Å². The van der Waals surface area contributed by atoms with E-state index >= 15 is 0 Å². The lowest BCUT2D eigenvalue weighted by molar-refractivity contribution is -0.137. The van der Waals surface area contributed by atoms with E-state index in [9.17, 15) is 18.0 Å². The maximum absolute atomic E-state index is 13.6. The molecule has 0 radical (unpaired) electrons. The zero-order valence-electron chi connectivity index (χ0n) is 19.6. The van der Waals surface area contributed by atoms with E-state index < -0.39 is 23.3 Å². The van der Waals surface area contributed by atoms with E-state index in [4.69, 9.17) is 9.47 Å². The van der Waals surface area contributed by atoms with Gasteiger partial charge in [0, 0.05) is 40.3 Å². The molecule has 5 nitrogen and oxygen atoms in total. The van der Waals surface area contributed by atoms with Crippen molar-refractivity contribution in [1.29, 1.82) is 0 Å². The third-order valence-corrected chi connectivity index (χ3v) is 6.60. The molecule has 0 fully saturated rings. The molecule has 0 saturated heterocycles. The van der Waals surface area contributed by atoms with Gasteiger partial charge in [0.05, 0.1) is 11.1 Å². The fourth-order valence-electron chi connectivity index (χ4n) is 5.13. The Kier molecular flexibility index (Phi) is 5.15. The molecule has 4 aromatic carbocycles. The Morgan fingerprint density at radius 2 is 1.49 bits per heavy atom. The van der Waals surface area contributed by atoms with Gasteiger partial charge in [-0.1, -0.05) is 42.5 Å². The van der Waals surface area contributed by atoms with Crippen LogP contribution in [0.1, 0.15) is 39.5 Å². The van der Waals surface area contributed by atoms with E-state index in [-0.39, 0.29) is 5.69 Å². The first kappa shape index (κ1) is 23.0. The van der Waals surface area contributed by atoms with Crippen molar-refractivity contribution in [2.75, 3.05) is 17.2 Å². The van der Waals surface area contributed by atoms with Crippen molar-refractivity contribution in [2.24, 2.45) is 0 Å². The summed E-state index contributed by atoms with van der Waals surface area (Å²) in [6.45, 7) is 2.47. The summed E-state index contributed by atoms with van der Waals surface area (Å²) in [7, 11) is 0. The second-order valence-electron chi connectivity index (χ2n) is 8.81. The van der Waals surface area contributed by atoms with Gasteiger partial charge in [0.15, 0.2) is 5.60 Å². The van der Waals surface area contributed by atoms with E-state index in [0.717, 1.165) is 12.1 Å². The summed E-state index contributed by atoms with van der Waals surface area (Å²) in [5.74, 6) is 0.520. The molecule has 0 aliphatic carbocycles. The molecule has 8 heteroatoms. The number of carbonyl (C=O) groups is 1. The van der Waals surface area contributed by atoms with Crippen molar-refractivity contribution in [1.82, 2.24) is 0 Å². The predicted molar refractivity (Wildman–Crippen MR) is 134 cm³/mol. The van der Waals surface area contributed by atoms with Gasteiger partial charge in [-0.2, -0.15) is 13.2 Å². The highest BCUT2D eigenvalue weighted by molar-refractivity contribution is 6.04. The summed E-state index contributed by atoms with van der Waals surface area (Å²) in [5, 5.41) is 6.36. The van der Waals surface area contributed by atoms with Crippen LogP contribution in [0.5, 0.6) is 11.5 Å². The Balaban J connectivity index is 1.63. The lowest BCUT2D eigenvalue weighted by Crippen LogP contribution is -2.33. The van der Waals surface area contributed by atoms with Crippen molar-refractivity contribution >= 4 is 23.0 Å². The summed E-state index contributed by atoms with van der Waals surface area (Å²) in [4.78, 5) is 13.6. The van der Waals surface area contributed by atoms with Crippen LogP contribution < -0.4 is 15.4 Å². The predicted octanol–water partition coefficient (Wildman–Crippen LogP) is 7.45. The van der Waals surface area contributed by atoms with E-state index in [1.165, 1.54) is 6.07 Å². The van der Waals surface area contributed by atoms with Gasteiger partial charge in [-0.15, -0.1) is 0 Å². The molecule has 186 valence electrons. The van der Waals surface area contributed by atoms with Gasteiger partial charge in [-0.05, 0) is 49.4 Å². The fourth-order valence-corrected chi connectivity index (χ4v) is 5.13. The van der Waals surface area contributed by atoms with E-state index in [1.807, 2.05) is 43.3 Å². The molecule has 0 unspecified atom stereocenters. The standard InChI is InChI=1S/C29H21F3N2O3/c1-2-33-21-14-15-22(34-18-9-7-8-17(16-18)29(30,31)32)26-25(21)27(35)37-28(26)19-10-3-5-12-23(19)36-24-13-6-4-11-20(24)28/h3-16,33-34H,2H2,1H3. The van der Waals surface area contributed by atoms with Gasteiger partial charge in [0.1, 0.15) is 11.5 Å². The monoisotopic (exact) mass is 502 g/mol. The summed E-state index contributed by atoms with van der Waals surface area (Å²) >= 11 is 0. The number of para-hydroxylation sites is 2. The van der Waals surface area contributed by atoms with Crippen molar-refractivity contribution in [3.8, 4) is 11.5 Å². The first-order valence-electron chi connectivity index (χ1n) is 11.8. The third kappa shape index (κ3) is 3.51. The first-order chi connectivity index (χ1) is 17.8. The summed E-state index contributed by atoms with van der Waals surface area (Å²) in [6.07, 6.45) is -4.49. The van der Waals surface area contributed by atoms with Gasteiger partial charge < -0.3 is 20.1 Å². The van der Waals surface area contributed by atoms with E-state index in [1.54, 1.807) is 30.3 Å². The van der Waals surface area contributed by atoms with Crippen LogP contribution in [0.25, 0.3) is 0 Å². The molecule has 37 heavy (non-hydrogen) atoms. The fraction of sp³-hybridized carbons (Fsp3) is 0.138. The third-order valence-electron chi connectivity index (χ3n) is 6.60. The number of fused-ring (bicyclic) bond motifs is 6. The lowest BCUT2D eigenvalue weighted by Gasteiger charge is -2.37. The Morgan fingerprint density at radius 1 is 0.838 bits per heavy atom. The van der Waals surface area contributed by atoms with Crippen LogP contribution in [0.4, 0.5) is 30.2 Å². The molecular formula is C29H21F3N2O3. The topological polar surface area (TPSA) is 59.6 Å². The number of esters is 1. The number of benzene rings is 4. The number of ether oxygens (including phenoxy) is 2. The normalized spacial score (nSPS) is 14.8. The molecule has 2 aliphatic heterocycles. The van der Waals surface area contributed by atoms with Crippen LogP contribution in [0.2, 0.25) is 0 Å². The maximum atomic E-state index is 13.6. The Morgan fingerprint density at radius 3 is 2.14 bits per heavy atom. The van der Waals surface area contributed by atoms with Crippen LogP contribution in [0.15, 0.2) is 84.9 Å². The summed E-state index contributed by atoms with van der Waals surface area (Å²) < 4.78 is 52.7. The lowest BCUT2D eigenvalue weighted by atomic mass is 9.76. The molecule has 4 aromatic rings. The van der Waals surface area contributed by atoms with Crippen LogP contribution in [0.3, 0.4) is 0 Å². The largest absolute Gasteiger partial charge is 0.456 e. The van der Waals surface area contributed by atoms with Gasteiger partial charge in [-0.25, -0.2) is 4.79 Å². The number of hydrogen-bond donors (Lipinski definition) is 2. The minimum Gasteiger partial charge on any atom is -0.456 e. The zero-order chi connectivity index (χ0) is 25.8. The van der Waals surface area contributed by atoms with Crippen molar-refractivity contribution in [3.63, 3.8) is 0 Å². The molecule has 2 aliphatic rings. The van der Waals surface area contributed by atoms with Crippen LogP contribution >= 0.6 is 0 Å². The Labute approximate surface area is 210 Å². The molecule has 1 spiro atoms. The molecule has 0 atom stereocenters. The minimum absolute atomic E-state index is 0.233. The molecule has 0 amide bonds. The van der Waals surface area contributed by atoms with E-state index in [2.05, 4.69) is 10.6 Å². The average molecular weight is 502 g/mol. The maximum Gasteiger partial charge on any atom is 0.416 e. The van der Waals surface area contributed by atoms with Crippen LogP contribution in [-0.2, 0) is 16.5 Å². The summed E-state index contributed by atoms with van der Waals surface area (Å²) in [6, 6.07) is 23.0. The first-order valence-corrected chi connectivity index (χ1v) is 11.8. The molecule has 0 saturated carbocycles. The smallest absolute Gasteiger partial charge is 0.416 e. The Bertz CT molecular complexity index is 1500. The molecule has 2 heterocycles. The van der Waals surface area contributed by atoms with Crippen molar-refractivity contribution in [2.45, 2.75) is 18.7 Å². The molecular weight excluding hydrogens is 481 g/mol. The van der Waals surface area contributed by atoms with Gasteiger partial charge in [0.25, 0.3) is 0 Å². The highest BCUT2D eigenvalue weighted by Crippen LogP contribution is 2.58. The minimum atomic E-state index is -4.49. The molecule has 0 bridgehead atoms. The van der Waals surface area contributed by atoms with Crippen LogP contribution in [0, 0.1) is 0 Å². The van der Waals surface area contributed by atoms with Gasteiger partial charge in [0.2, 0.25) is 0 Å². The zero-order valence-corrected chi connectivity index (χ0v) is 19.6. The second-order valence-corrected chi connectivity index (χ2v) is 8.81. The number of anilines is 3. The number of halogens is 3. The molecule has 2 N–H and O–H groups in total. The molecule has 6 rings (SSSR count). The number of hydrogen-bond acceptors (Lipinski definition) is 5. The Hall–Kier alpha value is -4.46.